The number of nitrogens with zero attached hydrogens (tertiary/aromatic N) is 5. The first-order chi connectivity index (χ1) is 21.9. The molecule has 0 radical (unpaired) electrons. The molecule has 10 nitrogen and oxygen atoms in total. The van der Waals surface area contributed by atoms with Crippen molar-refractivity contribution >= 4 is 46.2 Å². The molecule has 2 amide bonds. The molecule has 2 aromatic carbocycles. The summed E-state index contributed by atoms with van der Waals surface area (Å²) in [5.74, 6) is -0.263. The van der Waals surface area contributed by atoms with Gasteiger partial charge in [0, 0.05) is 34.1 Å². The molecule has 0 N–H and O–H groups in total. The number of thioether (sulfide) groups is 1. The van der Waals surface area contributed by atoms with E-state index in [1.165, 1.54) is 27.6 Å². The molecular formula is C33H26ClN5O5S. The number of hydrogen-bond donors (Lipinski definition) is 0. The van der Waals surface area contributed by atoms with Crippen LogP contribution in [0.4, 0.5) is 0 Å². The summed E-state index contributed by atoms with van der Waals surface area (Å²) >= 11 is 8.04. The minimum absolute atomic E-state index is 0.0640. The number of ether oxygens (including phenoxy) is 2. The zero-order valence-corrected chi connectivity index (χ0v) is 25.6. The number of pyridine rings is 2. The molecule has 2 aliphatic heterocycles. The minimum atomic E-state index is -0.787. The second-order valence-electron chi connectivity index (χ2n) is 10.8. The number of fused-ring (bicyclic) bond motifs is 2. The van der Waals surface area contributed by atoms with Crippen LogP contribution < -0.4 is 5.56 Å². The van der Waals surface area contributed by atoms with Gasteiger partial charge in [0.2, 0.25) is 0 Å². The Hall–Kier alpha value is -4.42. The molecular weight excluding hydrogens is 614 g/mol. The summed E-state index contributed by atoms with van der Waals surface area (Å²) < 4.78 is 13.4. The summed E-state index contributed by atoms with van der Waals surface area (Å²) in [6.07, 6.45) is 4.01. The van der Waals surface area contributed by atoms with Gasteiger partial charge >= 0.3 is 0 Å². The van der Waals surface area contributed by atoms with Crippen molar-refractivity contribution < 1.29 is 19.1 Å². The van der Waals surface area contributed by atoms with E-state index in [2.05, 4.69) is 15.0 Å². The van der Waals surface area contributed by atoms with Gasteiger partial charge in [0.1, 0.15) is 12.0 Å². The van der Waals surface area contributed by atoms with Crippen molar-refractivity contribution in [3.63, 3.8) is 0 Å². The molecule has 226 valence electrons. The average Bonchev–Trinajstić information content (AvgIpc) is 3.31. The van der Waals surface area contributed by atoms with Crippen LogP contribution in [0.25, 0.3) is 22.3 Å². The Labute approximate surface area is 267 Å². The van der Waals surface area contributed by atoms with E-state index in [9.17, 15) is 14.4 Å². The minimum Gasteiger partial charge on any atom is -0.348 e. The Morgan fingerprint density at radius 1 is 0.956 bits per heavy atom. The summed E-state index contributed by atoms with van der Waals surface area (Å²) in [4.78, 5) is 54.2. The average molecular weight is 640 g/mol. The third-order valence-electron chi connectivity index (χ3n) is 7.91. The molecule has 0 atom stereocenters. The number of rotatable bonds is 7. The van der Waals surface area contributed by atoms with Crippen molar-refractivity contribution in [2.24, 2.45) is 0 Å². The highest BCUT2D eigenvalue weighted by Crippen LogP contribution is 2.31. The maximum Gasteiger partial charge on any atom is 0.266 e. The van der Waals surface area contributed by atoms with Crippen LogP contribution in [0.2, 0.25) is 5.02 Å². The molecule has 0 spiro atoms. The highest BCUT2D eigenvalue weighted by molar-refractivity contribution is 7.98. The first-order valence-electron chi connectivity index (χ1n) is 14.3. The van der Waals surface area contributed by atoms with Gasteiger partial charge in [0.05, 0.1) is 47.5 Å². The van der Waals surface area contributed by atoms with Crippen LogP contribution in [0, 0.1) is 6.92 Å². The highest BCUT2D eigenvalue weighted by atomic mass is 35.5. The number of aryl methyl sites for hydroxylation is 1. The number of benzene rings is 2. The number of aromatic nitrogens is 4. The topological polar surface area (TPSA) is 117 Å². The lowest BCUT2D eigenvalue weighted by Crippen LogP contribution is -2.50. The van der Waals surface area contributed by atoms with Gasteiger partial charge in [0.15, 0.2) is 6.29 Å². The Kier molecular flexibility index (Phi) is 7.92. The molecule has 0 saturated carbocycles. The maximum atomic E-state index is 13.8. The second kappa shape index (κ2) is 12.2. The van der Waals surface area contributed by atoms with E-state index in [0.717, 1.165) is 22.4 Å². The SMILES string of the molecule is Cc1cccnc1-c1ccc(CSc2cc3cncnc3n(CC3OCC(N4C(=O)c5ccccc5C4=O)CO3)c2=O)c(Cl)c1. The Balaban J connectivity index is 1.07. The van der Waals surface area contributed by atoms with Crippen molar-refractivity contribution in [1.29, 1.82) is 0 Å². The van der Waals surface area contributed by atoms with Crippen LogP contribution in [-0.4, -0.2) is 61.8 Å². The fourth-order valence-electron chi connectivity index (χ4n) is 5.60. The summed E-state index contributed by atoms with van der Waals surface area (Å²) in [6, 6.07) is 17.7. The first-order valence-corrected chi connectivity index (χ1v) is 15.6. The van der Waals surface area contributed by atoms with Gasteiger partial charge in [-0.25, -0.2) is 9.97 Å². The standard InChI is InChI=1S/C33H26ClN5O5S/c1-19-5-4-10-36-29(19)20-8-9-21(26(34)11-20)17-45-27-12-22-13-35-18-37-30(22)38(33(27)42)14-28-43-15-23(16-44-28)39-31(40)24-6-2-3-7-25(24)32(39)41/h2-13,18,23,28H,14-17H2,1H3. The van der Waals surface area contributed by atoms with Crippen LogP contribution in [0.5, 0.6) is 0 Å². The lowest BCUT2D eigenvalue weighted by atomic mass is 10.1. The second-order valence-corrected chi connectivity index (χ2v) is 12.2. The molecule has 2 aliphatic rings. The van der Waals surface area contributed by atoms with Gasteiger partial charge in [-0.05, 0) is 48.4 Å². The van der Waals surface area contributed by atoms with Gasteiger partial charge in [-0.2, -0.15) is 0 Å². The number of carbonyl (C=O) groups excluding carboxylic acids is 2. The molecule has 45 heavy (non-hydrogen) atoms. The molecule has 5 aromatic rings. The first kappa shape index (κ1) is 29.3. The molecule has 5 heterocycles. The van der Waals surface area contributed by atoms with E-state index in [4.69, 9.17) is 21.1 Å². The predicted molar refractivity (Wildman–Crippen MR) is 169 cm³/mol. The molecule has 1 saturated heterocycles. The van der Waals surface area contributed by atoms with Crippen LogP contribution >= 0.6 is 23.4 Å². The molecule has 1 fully saturated rings. The van der Waals surface area contributed by atoms with Crippen molar-refractivity contribution in [3.05, 3.63) is 117 Å². The van der Waals surface area contributed by atoms with Crippen LogP contribution in [0.15, 0.2) is 89.1 Å². The third-order valence-corrected chi connectivity index (χ3v) is 9.32. The Bertz CT molecular complexity index is 1990. The molecule has 0 unspecified atom stereocenters. The van der Waals surface area contributed by atoms with Crippen molar-refractivity contribution in [3.8, 4) is 11.3 Å². The van der Waals surface area contributed by atoms with E-state index in [1.807, 2.05) is 37.3 Å². The van der Waals surface area contributed by atoms with Crippen molar-refractivity contribution in [1.82, 2.24) is 24.4 Å². The number of imide groups is 1. The Morgan fingerprint density at radius 3 is 2.42 bits per heavy atom. The fraction of sp³-hybridized carbons (Fsp3) is 0.212. The molecule has 3 aromatic heterocycles. The smallest absolute Gasteiger partial charge is 0.266 e. The quantitative estimate of drug-likeness (QED) is 0.176. The summed E-state index contributed by atoms with van der Waals surface area (Å²) in [5.41, 5.74) is 4.68. The van der Waals surface area contributed by atoms with Gasteiger partial charge in [-0.15, -0.1) is 11.8 Å². The molecule has 12 heteroatoms. The number of halogens is 1. The molecule has 0 aliphatic carbocycles. The molecule has 0 bridgehead atoms. The van der Waals surface area contributed by atoms with Crippen molar-refractivity contribution in [2.75, 3.05) is 13.2 Å². The van der Waals surface area contributed by atoms with Crippen LogP contribution in [-0.2, 0) is 21.8 Å². The van der Waals surface area contributed by atoms with Gasteiger partial charge < -0.3 is 9.47 Å². The summed E-state index contributed by atoms with van der Waals surface area (Å²) in [7, 11) is 0. The van der Waals surface area contributed by atoms with E-state index in [1.54, 1.807) is 42.7 Å². The molecule has 7 rings (SSSR count). The highest BCUT2D eigenvalue weighted by Gasteiger charge is 2.41. The number of amides is 2. The summed E-state index contributed by atoms with van der Waals surface area (Å²) in [6.45, 7) is 2.23. The van der Waals surface area contributed by atoms with Gasteiger partial charge in [0.25, 0.3) is 17.4 Å². The fourth-order valence-corrected chi connectivity index (χ4v) is 6.93. The zero-order chi connectivity index (χ0) is 31.1. The number of carbonyl (C=O) groups is 2. The predicted octanol–water partition coefficient (Wildman–Crippen LogP) is 5.15. The van der Waals surface area contributed by atoms with E-state index in [-0.39, 0.29) is 37.1 Å². The lowest BCUT2D eigenvalue weighted by Gasteiger charge is -2.34. The number of hydrogen-bond acceptors (Lipinski definition) is 9. The van der Waals surface area contributed by atoms with Crippen LogP contribution in [0.1, 0.15) is 31.8 Å². The van der Waals surface area contributed by atoms with Gasteiger partial charge in [-0.1, -0.05) is 41.9 Å². The van der Waals surface area contributed by atoms with E-state index in [0.29, 0.717) is 37.8 Å². The largest absolute Gasteiger partial charge is 0.348 e. The normalized spacial score (nSPS) is 18.0. The third kappa shape index (κ3) is 5.53. The van der Waals surface area contributed by atoms with E-state index < -0.39 is 12.3 Å². The monoisotopic (exact) mass is 639 g/mol. The Morgan fingerprint density at radius 2 is 1.71 bits per heavy atom. The zero-order valence-electron chi connectivity index (χ0n) is 24.1. The van der Waals surface area contributed by atoms with Crippen LogP contribution in [0.3, 0.4) is 0 Å². The van der Waals surface area contributed by atoms with E-state index >= 15 is 0 Å². The lowest BCUT2D eigenvalue weighted by molar-refractivity contribution is -0.202. The van der Waals surface area contributed by atoms with Gasteiger partial charge in [-0.3, -0.25) is 28.8 Å². The summed E-state index contributed by atoms with van der Waals surface area (Å²) in [5, 5.41) is 1.28. The maximum absolute atomic E-state index is 13.8. The van der Waals surface area contributed by atoms with Crippen molar-refractivity contribution in [2.45, 2.75) is 36.4 Å².